The number of likely N-dealkylation sites (tertiary alicyclic amines) is 1. The molecule has 5 aliphatic rings. The summed E-state index contributed by atoms with van der Waals surface area (Å²) in [4.78, 5) is 77.3. The Hall–Kier alpha value is -5.93. The van der Waals surface area contributed by atoms with Gasteiger partial charge in [0.05, 0.1) is 23.6 Å². The number of carbonyl (C=O) groups is 4. The number of benzene rings is 2. The SMILES string of the molecule is CCc1nc(-c2cccc3cc(-c4ccc(N5C[C@@H]6CN(c7cccc8c7CN(C7CCC(=O)N(COCC[Si](C)(C)C)C7=O)C8=O)C[C@@H]6C5)nc4)ncc23)c2n1CCN(C(C)=O)C2. The number of fused-ring (bicyclic) bond motifs is 4. The van der Waals surface area contributed by atoms with Crippen molar-refractivity contribution in [3.63, 3.8) is 0 Å². The van der Waals surface area contributed by atoms with E-state index in [9.17, 15) is 19.2 Å². The first-order valence-corrected chi connectivity index (χ1v) is 26.6. The monoisotopic (exact) mass is 879 g/mol. The van der Waals surface area contributed by atoms with Crippen LogP contribution in [0.25, 0.3) is 33.3 Å². The fourth-order valence-corrected chi connectivity index (χ4v) is 11.3. The van der Waals surface area contributed by atoms with Crippen molar-refractivity contribution < 1.29 is 23.9 Å². The maximum atomic E-state index is 13.9. The Labute approximate surface area is 375 Å². The summed E-state index contributed by atoms with van der Waals surface area (Å²) in [5.41, 5.74) is 7.52. The maximum absolute atomic E-state index is 13.9. The van der Waals surface area contributed by atoms with Crippen molar-refractivity contribution in [2.45, 2.75) is 84.5 Å². The summed E-state index contributed by atoms with van der Waals surface area (Å²) in [6.45, 7) is 16.9. The predicted molar refractivity (Wildman–Crippen MR) is 248 cm³/mol. The number of aromatic nitrogens is 4. The summed E-state index contributed by atoms with van der Waals surface area (Å²) >= 11 is 0. The highest BCUT2D eigenvalue weighted by Crippen LogP contribution is 2.41. The number of ether oxygens (including phenoxy) is 1. The predicted octanol–water partition coefficient (Wildman–Crippen LogP) is 6.44. The summed E-state index contributed by atoms with van der Waals surface area (Å²) in [5.74, 6) is 2.25. The van der Waals surface area contributed by atoms with Gasteiger partial charge in [0, 0.05) is 138 Å². The Morgan fingerprint density at radius 2 is 1.64 bits per heavy atom. The Morgan fingerprint density at radius 1 is 0.875 bits per heavy atom. The van der Waals surface area contributed by atoms with Crippen molar-refractivity contribution in [3.8, 4) is 22.5 Å². The van der Waals surface area contributed by atoms with E-state index >= 15 is 0 Å². The van der Waals surface area contributed by atoms with E-state index < -0.39 is 14.1 Å². The van der Waals surface area contributed by atoms with Crippen LogP contribution in [0.15, 0.2) is 67.0 Å². The van der Waals surface area contributed by atoms with Gasteiger partial charge < -0.3 is 28.9 Å². The molecule has 332 valence electrons. The van der Waals surface area contributed by atoms with Crippen molar-refractivity contribution >= 4 is 54.0 Å². The quantitative estimate of drug-likeness (QED) is 0.0828. The van der Waals surface area contributed by atoms with E-state index in [-0.39, 0.29) is 36.8 Å². The Balaban J connectivity index is 0.791. The number of rotatable bonds is 11. The lowest BCUT2D eigenvalue weighted by molar-refractivity contribution is -0.158. The van der Waals surface area contributed by atoms with Crippen LogP contribution in [-0.4, -0.2) is 118 Å². The van der Waals surface area contributed by atoms with Crippen molar-refractivity contribution in [2.24, 2.45) is 11.8 Å². The molecule has 3 saturated heterocycles. The van der Waals surface area contributed by atoms with Gasteiger partial charge in [0.2, 0.25) is 11.8 Å². The molecule has 0 spiro atoms. The number of piperidine rings is 1. The molecule has 64 heavy (non-hydrogen) atoms. The third-order valence-electron chi connectivity index (χ3n) is 14.1. The molecule has 2 aromatic carbocycles. The number of hydrogen-bond acceptors (Lipinski definition) is 10. The van der Waals surface area contributed by atoms with Gasteiger partial charge in [0.15, 0.2) is 0 Å². The first kappa shape index (κ1) is 42.0. The zero-order valence-corrected chi connectivity index (χ0v) is 38.5. The first-order chi connectivity index (χ1) is 30.8. The number of imidazole rings is 1. The molecule has 14 nitrogen and oxygen atoms in total. The molecule has 3 fully saturated rings. The topological polar surface area (TPSA) is 137 Å². The second-order valence-electron chi connectivity index (χ2n) is 19.4. The molecule has 15 heteroatoms. The molecule has 10 rings (SSSR count). The van der Waals surface area contributed by atoms with Gasteiger partial charge in [0.1, 0.15) is 24.4 Å². The minimum atomic E-state index is -1.32. The van der Waals surface area contributed by atoms with Crippen LogP contribution in [0, 0.1) is 11.8 Å². The lowest BCUT2D eigenvalue weighted by Gasteiger charge is -2.35. The highest BCUT2D eigenvalue weighted by atomic mass is 28.3. The third-order valence-corrected chi connectivity index (χ3v) is 15.8. The smallest absolute Gasteiger partial charge is 0.255 e. The molecule has 5 aromatic rings. The molecule has 0 bridgehead atoms. The molecule has 0 saturated carbocycles. The third kappa shape index (κ3) is 7.65. The van der Waals surface area contributed by atoms with Gasteiger partial charge in [-0.15, -0.1) is 0 Å². The summed E-state index contributed by atoms with van der Waals surface area (Å²) < 4.78 is 8.10. The fraction of sp³-hybridized carbons (Fsp3) is 0.449. The lowest BCUT2D eigenvalue weighted by Crippen LogP contribution is -2.55. The van der Waals surface area contributed by atoms with Crippen LogP contribution in [0.3, 0.4) is 0 Å². The average Bonchev–Trinajstić information content (AvgIpc) is 4.06. The number of aryl methyl sites for hydroxylation is 1. The van der Waals surface area contributed by atoms with Crippen molar-refractivity contribution in [1.29, 1.82) is 0 Å². The zero-order chi connectivity index (χ0) is 44.4. The molecule has 0 N–H and O–H groups in total. The Kier molecular flexibility index (Phi) is 10.9. The Morgan fingerprint density at radius 3 is 2.38 bits per heavy atom. The Bertz CT molecular complexity index is 2660. The summed E-state index contributed by atoms with van der Waals surface area (Å²) in [7, 11) is -1.32. The molecular weight excluding hydrogens is 823 g/mol. The molecule has 8 heterocycles. The first-order valence-electron chi connectivity index (χ1n) is 22.9. The van der Waals surface area contributed by atoms with Crippen LogP contribution in [0.2, 0.25) is 25.7 Å². The largest absolute Gasteiger partial charge is 0.371 e. The normalized spacial score (nSPS) is 21.0. The van der Waals surface area contributed by atoms with E-state index in [4.69, 9.17) is 19.7 Å². The number of pyridine rings is 2. The molecule has 4 amide bonds. The minimum Gasteiger partial charge on any atom is -0.371 e. The van der Waals surface area contributed by atoms with E-state index in [0.717, 1.165) is 107 Å². The zero-order valence-electron chi connectivity index (χ0n) is 37.5. The molecule has 0 radical (unpaired) electrons. The van der Waals surface area contributed by atoms with Gasteiger partial charge in [-0.1, -0.05) is 50.8 Å². The van der Waals surface area contributed by atoms with E-state index in [1.165, 1.54) is 4.90 Å². The van der Waals surface area contributed by atoms with E-state index in [2.05, 4.69) is 83.4 Å². The van der Waals surface area contributed by atoms with Crippen molar-refractivity contribution in [3.05, 3.63) is 89.6 Å². The van der Waals surface area contributed by atoms with Crippen LogP contribution in [-0.2, 0) is 45.2 Å². The van der Waals surface area contributed by atoms with Gasteiger partial charge in [0.25, 0.3) is 11.8 Å². The number of amides is 4. The highest BCUT2D eigenvalue weighted by Gasteiger charge is 2.46. The van der Waals surface area contributed by atoms with E-state index in [0.29, 0.717) is 50.1 Å². The average molecular weight is 880 g/mol. The number of nitrogens with zero attached hydrogens (tertiary/aromatic N) is 9. The highest BCUT2D eigenvalue weighted by molar-refractivity contribution is 6.76. The number of anilines is 2. The van der Waals surface area contributed by atoms with Crippen molar-refractivity contribution in [1.82, 2.24) is 34.2 Å². The summed E-state index contributed by atoms with van der Waals surface area (Å²) in [6, 6.07) is 18.8. The van der Waals surface area contributed by atoms with E-state index in [1.54, 1.807) is 11.8 Å². The maximum Gasteiger partial charge on any atom is 0.255 e. The van der Waals surface area contributed by atoms with Crippen LogP contribution in [0.5, 0.6) is 0 Å². The van der Waals surface area contributed by atoms with Gasteiger partial charge in [-0.05, 0) is 48.2 Å². The minimum absolute atomic E-state index is 0.0607. The molecule has 5 aliphatic heterocycles. The number of hydrogen-bond donors (Lipinski definition) is 0. The van der Waals surface area contributed by atoms with Gasteiger partial charge in [-0.25, -0.2) is 9.97 Å². The fourth-order valence-electron chi connectivity index (χ4n) is 10.5. The standard InChI is InChI=1S/C49H57N9O5Si/c1-6-44-52-47(43-29-53(31(2)59)17-18-56(43)44)36-10-7-9-32-21-40(50-23-38(32)36)33-13-15-45(51-22-33)55-26-34-24-54(25-35(34)27-55)41-12-8-11-37-39(41)28-57(48(37)61)42-14-16-46(60)58(49(42)62)30-63-19-20-64(3,4)5/h7-13,15,21-23,34-35,42H,6,14,16-20,24-30H2,1-5H3/t34-,35+,42?. The second-order valence-corrected chi connectivity index (χ2v) is 25.0. The molecule has 1 unspecified atom stereocenters. The second kappa shape index (κ2) is 16.6. The van der Waals surface area contributed by atoms with Crippen LogP contribution >= 0.6 is 0 Å². The molecule has 3 atom stereocenters. The van der Waals surface area contributed by atoms with Gasteiger partial charge in [-0.3, -0.25) is 29.1 Å². The summed E-state index contributed by atoms with van der Waals surface area (Å²) in [6.07, 6.45) is 5.23. The lowest BCUT2D eigenvalue weighted by atomic mass is 10.0. The van der Waals surface area contributed by atoms with Crippen molar-refractivity contribution in [2.75, 3.05) is 55.9 Å². The molecule has 3 aromatic heterocycles. The van der Waals surface area contributed by atoms with Gasteiger partial charge >= 0.3 is 0 Å². The molecule has 0 aliphatic carbocycles. The number of imide groups is 1. The van der Waals surface area contributed by atoms with Crippen LogP contribution < -0.4 is 9.80 Å². The van der Waals surface area contributed by atoms with Crippen LogP contribution in [0.4, 0.5) is 11.5 Å². The summed E-state index contributed by atoms with van der Waals surface area (Å²) in [5, 5.41) is 2.10. The van der Waals surface area contributed by atoms with Crippen LogP contribution in [0.1, 0.15) is 54.1 Å². The van der Waals surface area contributed by atoms with Gasteiger partial charge in [-0.2, -0.15) is 0 Å². The number of carbonyl (C=O) groups excluding carboxylic acids is 4. The molecular formula is C49H57N9O5Si. The van der Waals surface area contributed by atoms with E-state index in [1.807, 2.05) is 29.4 Å².